The van der Waals surface area contributed by atoms with Gasteiger partial charge in [-0.1, -0.05) is 0 Å². The van der Waals surface area contributed by atoms with Crippen LogP contribution in [0.2, 0.25) is 0 Å². The highest BCUT2D eigenvalue weighted by molar-refractivity contribution is 5.89. The number of hydrogen-bond donors (Lipinski definition) is 3. The van der Waals surface area contributed by atoms with Gasteiger partial charge in [-0.25, -0.2) is 18.0 Å². The molecule has 0 fully saturated rings. The largest absolute Gasteiger partial charge is 0.394 e. The van der Waals surface area contributed by atoms with Crippen molar-refractivity contribution in [1.29, 1.82) is 0 Å². The molecule has 3 N–H and O–H groups in total. The Hall–Kier alpha value is -1.76. The smallest absolute Gasteiger partial charge is 0.319 e. The lowest BCUT2D eigenvalue weighted by molar-refractivity contribution is 0.187. The van der Waals surface area contributed by atoms with E-state index in [-0.39, 0.29) is 6.61 Å². The van der Waals surface area contributed by atoms with E-state index in [2.05, 4.69) is 5.32 Å². The Kier molecular flexibility index (Phi) is 4.18. The SMILES string of the molecule is CC(C)(CO)NC(=O)Nc1cc(F)c(F)cc1F. The maximum Gasteiger partial charge on any atom is 0.319 e. The fourth-order valence-corrected chi connectivity index (χ4v) is 1.12. The molecule has 0 radical (unpaired) electrons. The van der Waals surface area contributed by atoms with Gasteiger partial charge in [0.2, 0.25) is 0 Å². The van der Waals surface area contributed by atoms with Crippen molar-refractivity contribution in [3.63, 3.8) is 0 Å². The van der Waals surface area contributed by atoms with Crippen molar-refractivity contribution in [2.75, 3.05) is 11.9 Å². The van der Waals surface area contributed by atoms with Crippen LogP contribution in [0.1, 0.15) is 13.8 Å². The standard InChI is InChI=1S/C11H13F3N2O2/c1-11(2,5-17)16-10(18)15-9-4-7(13)6(12)3-8(9)14/h3-4,17H,5H2,1-2H3,(H2,15,16,18). The molecule has 1 aromatic carbocycles. The first-order valence-electron chi connectivity index (χ1n) is 5.10. The van der Waals surface area contributed by atoms with E-state index >= 15 is 0 Å². The minimum atomic E-state index is -1.34. The molecule has 100 valence electrons. The molecule has 2 amide bonds. The van der Waals surface area contributed by atoms with Crippen molar-refractivity contribution < 1.29 is 23.1 Å². The lowest BCUT2D eigenvalue weighted by Gasteiger charge is -2.23. The summed E-state index contributed by atoms with van der Waals surface area (Å²) in [6, 6.07) is 0.0390. The fraction of sp³-hybridized carbons (Fsp3) is 0.364. The highest BCUT2D eigenvalue weighted by atomic mass is 19.2. The molecule has 1 aromatic rings. The Balaban J connectivity index is 2.80. The Morgan fingerprint density at radius 2 is 1.78 bits per heavy atom. The van der Waals surface area contributed by atoms with Crippen LogP contribution in [-0.4, -0.2) is 23.3 Å². The lowest BCUT2D eigenvalue weighted by atomic mass is 10.1. The van der Waals surface area contributed by atoms with Gasteiger partial charge in [0, 0.05) is 12.1 Å². The molecule has 0 aliphatic carbocycles. The molecular formula is C11H13F3N2O2. The minimum absolute atomic E-state index is 0.333. The van der Waals surface area contributed by atoms with Crippen molar-refractivity contribution in [1.82, 2.24) is 5.32 Å². The third-order valence-corrected chi connectivity index (χ3v) is 2.11. The van der Waals surface area contributed by atoms with Crippen LogP contribution in [0.5, 0.6) is 0 Å². The molecule has 18 heavy (non-hydrogen) atoms. The lowest BCUT2D eigenvalue weighted by Crippen LogP contribution is -2.48. The number of hydrogen-bond acceptors (Lipinski definition) is 2. The van der Waals surface area contributed by atoms with Crippen LogP contribution < -0.4 is 10.6 Å². The van der Waals surface area contributed by atoms with Gasteiger partial charge >= 0.3 is 6.03 Å². The van der Waals surface area contributed by atoms with Crippen molar-refractivity contribution >= 4 is 11.7 Å². The van der Waals surface area contributed by atoms with E-state index in [0.29, 0.717) is 12.1 Å². The third kappa shape index (κ3) is 3.63. The molecule has 0 saturated carbocycles. The third-order valence-electron chi connectivity index (χ3n) is 2.11. The van der Waals surface area contributed by atoms with E-state index in [1.54, 1.807) is 0 Å². The second-order valence-corrected chi connectivity index (χ2v) is 4.37. The molecular weight excluding hydrogens is 249 g/mol. The summed E-state index contributed by atoms with van der Waals surface area (Å²) in [6.07, 6.45) is 0. The quantitative estimate of drug-likeness (QED) is 0.729. The summed E-state index contributed by atoms with van der Waals surface area (Å²) >= 11 is 0. The van der Waals surface area contributed by atoms with Gasteiger partial charge in [-0.2, -0.15) is 0 Å². The van der Waals surface area contributed by atoms with E-state index in [1.165, 1.54) is 13.8 Å². The predicted molar refractivity (Wildman–Crippen MR) is 59.6 cm³/mol. The van der Waals surface area contributed by atoms with Crippen LogP contribution in [0, 0.1) is 17.5 Å². The second kappa shape index (κ2) is 5.26. The summed E-state index contributed by atoms with van der Waals surface area (Å²) in [6.45, 7) is 2.74. The highest BCUT2D eigenvalue weighted by Gasteiger charge is 2.20. The van der Waals surface area contributed by atoms with E-state index in [1.807, 2.05) is 5.32 Å². The first kappa shape index (κ1) is 14.3. The molecule has 0 aliphatic heterocycles. The Labute approximate surface area is 102 Å². The maximum atomic E-state index is 13.2. The van der Waals surface area contributed by atoms with E-state index < -0.39 is 34.7 Å². The molecule has 0 saturated heterocycles. The van der Waals surface area contributed by atoms with Crippen LogP contribution in [0.15, 0.2) is 12.1 Å². The number of urea groups is 1. The first-order chi connectivity index (χ1) is 8.25. The van der Waals surface area contributed by atoms with Gasteiger partial charge in [0.15, 0.2) is 11.6 Å². The van der Waals surface area contributed by atoms with Gasteiger partial charge in [-0.3, -0.25) is 0 Å². The number of anilines is 1. The van der Waals surface area contributed by atoms with Gasteiger partial charge in [0.25, 0.3) is 0 Å². The van der Waals surface area contributed by atoms with Crippen molar-refractivity contribution in [2.24, 2.45) is 0 Å². The van der Waals surface area contributed by atoms with Gasteiger partial charge in [-0.15, -0.1) is 0 Å². The Morgan fingerprint density at radius 1 is 1.22 bits per heavy atom. The number of aliphatic hydroxyl groups excluding tert-OH is 1. The zero-order valence-corrected chi connectivity index (χ0v) is 9.85. The predicted octanol–water partition coefficient (Wildman–Crippen LogP) is 2.00. The van der Waals surface area contributed by atoms with E-state index in [0.717, 1.165) is 0 Å². The van der Waals surface area contributed by atoms with Crippen LogP contribution in [0.3, 0.4) is 0 Å². The van der Waals surface area contributed by atoms with Crippen LogP contribution >= 0.6 is 0 Å². The number of nitrogens with one attached hydrogen (secondary N) is 2. The molecule has 0 bridgehead atoms. The number of rotatable bonds is 3. The van der Waals surface area contributed by atoms with Crippen molar-refractivity contribution in [3.05, 3.63) is 29.6 Å². The van der Waals surface area contributed by atoms with Crippen molar-refractivity contribution in [3.8, 4) is 0 Å². The number of aliphatic hydroxyl groups is 1. The molecule has 1 rings (SSSR count). The maximum absolute atomic E-state index is 13.2. The second-order valence-electron chi connectivity index (χ2n) is 4.37. The van der Waals surface area contributed by atoms with Crippen LogP contribution in [0.4, 0.5) is 23.7 Å². The summed E-state index contributed by atoms with van der Waals surface area (Å²) in [5.41, 5.74) is -1.40. The molecule has 0 atom stereocenters. The first-order valence-corrected chi connectivity index (χ1v) is 5.10. The highest BCUT2D eigenvalue weighted by Crippen LogP contribution is 2.18. The average molecular weight is 262 g/mol. The molecule has 0 aromatic heterocycles. The normalized spacial score (nSPS) is 11.2. The number of halogens is 3. The molecule has 4 nitrogen and oxygen atoms in total. The fourth-order valence-electron chi connectivity index (χ4n) is 1.12. The number of amides is 2. The molecule has 0 unspecified atom stereocenters. The summed E-state index contributed by atoms with van der Waals surface area (Å²) in [5.74, 6) is -3.70. The summed E-state index contributed by atoms with van der Waals surface area (Å²) < 4.78 is 38.7. The van der Waals surface area contributed by atoms with Gasteiger partial charge in [0.05, 0.1) is 17.8 Å². The van der Waals surface area contributed by atoms with E-state index in [9.17, 15) is 18.0 Å². The monoisotopic (exact) mass is 262 g/mol. The number of carbonyl (C=O) groups is 1. The summed E-state index contributed by atoms with van der Waals surface area (Å²) in [4.78, 5) is 11.4. The zero-order valence-electron chi connectivity index (χ0n) is 9.85. The average Bonchev–Trinajstić information content (AvgIpc) is 2.25. The summed E-state index contributed by atoms with van der Waals surface area (Å²) in [7, 11) is 0. The van der Waals surface area contributed by atoms with Gasteiger partial charge in [-0.05, 0) is 13.8 Å². The van der Waals surface area contributed by atoms with Gasteiger partial charge < -0.3 is 15.7 Å². The number of carbonyl (C=O) groups excluding carboxylic acids is 1. The minimum Gasteiger partial charge on any atom is -0.394 e. The Bertz CT molecular complexity index is 464. The topological polar surface area (TPSA) is 61.4 Å². The Morgan fingerprint density at radius 3 is 2.33 bits per heavy atom. The number of benzene rings is 1. The molecule has 0 aliphatic rings. The van der Waals surface area contributed by atoms with Crippen molar-refractivity contribution in [2.45, 2.75) is 19.4 Å². The molecule has 0 spiro atoms. The van der Waals surface area contributed by atoms with Crippen LogP contribution in [0.25, 0.3) is 0 Å². The molecule has 0 heterocycles. The van der Waals surface area contributed by atoms with Gasteiger partial charge in [0.1, 0.15) is 5.82 Å². The molecule has 7 heteroatoms. The zero-order chi connectivity index (χ0) is 13.9. The van der Waals surface area contributed by atoms with Crippen LogP contribution in [-0.2, 0) is 0 Å². The van der Waals surface area contributed by atoms with E-state index in [4.69, 9.17) is 5.11 Å². The summed E-state index contributed by atoms with van der Waals surface area (Å²) in [5, 5.41) is 13.3.